The van der Waals surface area contributed by atoms with Gasteiger partial charge in [-0.05, 0) is 12.5 Å². The van der Waals surface area contributed by atoms with Crippen molar-refractivity contribution in [1.29, 1.82) is 0 Å². The van der Waals surface area contributed by atoms with E-state index in [9.17, 15) is 18.5 Å². The normalized spacial score (nSPS) is 11.6. The molecule has 8 heteroatoms. The highest BCUT2D eigenvalue weighted by molar-refractivity contribution is 7.89. The van der Waals surface area contributed by atoms with Gasteiger partial charge < -0.3 is 0 Å². The van der Waals surface area contributed by atoms with Crippen LogP contribution in [0, 0.1) is 10.1 Å². The van der Waals surface area contributed by atoms with E-state index in [0.717, 1.165) is 6.07 Å². The van der Waals surface area contributed by atoms with E-state index in [1.54, 1.807) is 0 Å². The van der Waals surface area contributed by atoms with Gasteiger partial charge in [0.15, 0.2) is 0 Å². The lowest BCUT2D eigenvalue weighted by Gasteiger charge is -2.20. The third kappa shape index (κ3) is 3.56. The van der Waals surface area contributed by atoms with E-state index in [1.165, 1.54) is 22.5 Å². The van der Waals surface area contributed by atoms with E-state index in [-0.39, 0.29) is 28.7 Å². The van der Waals surface area contributed by atoms with Gasteiger partial charge in [-0.15, -0.1) is 6.58 Å². The summed E-state index contributed by atoms with van der Waals surface area (Å²) in [5.74, 6) is 0. The van der Waals surface area contributed by atoms with Gasteiger partial charge in [0.05, 0.1) is 9.95 Å². The number of nitro benzene ring substituents is 1. The van der Waals surface area contributed by atoms with Gasteiger partial charge in [0.25, 0.3) is 5.69 Å². The first-order valence-corrected chi connectivity index (χ1v) is 7.71. The van der Waals surface area contributed by atoms with E-state index in [0.29, 0.717) is 6.42 Å². The Morgan fingerprint density at radius 2 is 2.15 bits per heavy atom. The van der Waals surface area contributed by atoms with E-state index < -0.39 is 14.9 Å². The zero-order valence-corrected chi connectivity index (χ0v) is 12.5. The van der Waals surface area contributed by atoms with Crippen LogP contribution >= 0.6 is 11.6 Å². The highest BCUT2D eigenvalue weighted by Crippen LogP contribution is 2.28. The summed E-state index contributed by atoms with van der Waals surface area (Å²) in [6.07, 6.45) is 2.07. The minimum Gasteiger partial charge on any atom is -0.258 e. The second-order valence-electron chi connectivity index (χ2n) is 4.02. The van der Waals surface area contributed by atoms with Crippen LogP contribution in [-0.4, -0.2) is 30.7 Å². The largest absolute Gasteiger partial charge is 0.270 e. The quantitative estimate of drug-likeness (QED) is 0.440. The maximum Gasteiger partial charge on any atom is 0.270 e. The van der Waals surface area contributed by atoms with Crippen molar-refractivity contribution in [2.45, 2.75) is 18.2 Å². The first kappa shape index (κ1) is 16.6. The van der Waals surface area contributed by atoms with Crippen molar-refractivity contribution in [1.82, 2.24) is 4.31 Å². The molecule has 1 rings (SSSR count). The van der Waals surface area contributed by atoms with Crippen molar-refractivity contribution >= 4 is 27.3 Å². The molecule has 0 aliphatic carbocycles. The number of nitrogens with zero attached hydrogens (tertiary/aromatic N) is 2. The second-order valence-corrected chi connectivity index (χ2v) is 6.34. The molecule has 0 amide bonds. The minimum atomic E-state index is -3.89. The van der Waals surface area contributed by atoms with Crippen LogP contribution in [0.2, 0.25) is 5.02 Å². The summed E-state index contributed by atoms with van der Waals surface area (Å²) in [6, 6.07) is 3.35. The highest BCUT2D eigenvalue weighted by atomic mass is 35.5. The van der Waals surface area contributed by atoms with Crippen LogP contribution in [-0.2, 0) is 10.0 Å². The molecule has 0 spiro atoms. The molecule has 0 aromatic heterocycles. The summed E-state index contributed by atoms with van der Waals surface area (Å²) in [7, 11) is -3.89. The zero-order chi connectivity index (χ0) is 15.3. The predicted octanol–water partition coefficient (Wildman–Crippen LogP) is 2.83. The molecule has 6 nitrogen and oxygen atoms in total. The topological polar surface area (TPSA) is 80.5 Å². The van der Waals surface area contributed by atoms with Gasteiger partial charge in [0.1, 0.15) is 4.90 Å². The van der Waals surface area contributed by atoms with Gasteiger partial charge in [-0.2, -0.15) is 4.31 Å². The number of hydrogen-bond donors (Lipinski definition) is 0. The number of non-ortho nitro benzene ring substituents is 1. The fraction of sp³-hybridized carbons (Fsp3) is 0.333. The summed E-state index contributed by atoms with van der Waals surface area (Å²) in [6.45, 7) is 5.75. The van der Waals surface area contributed by atoms with Crippen molar-refractivity contribution < 1.29 is 13.3 Å². The molecule has 0 unspecified atom stereocenters. The molecule has 110 valence electrons. The molecule has 1 aromatic carbocycles. The lowest BCUT2D eigenvalue weighted by molar-refractivity contribution is -0.385. The Labute approximate surface area is 122 Å². The standard InChI is InChI=1S/C12H15ClN2O4S/c1-3-7-14(8-4-2)20(18,19)12-9-10(15(16)17)5-6-11(12)13/h3,5-6,9H,1,4,7-8H2,2H3. The summed E-state index contributed by atoms with van der Waals surface area (Å²) in [5, 5.41) is 10.7. The molecule has 0 heterocycles. The summed E-state index contributed by atoms with van der Waals surface area (Å²) in [5.41, 5.74) is -0.317. The van der Waals surface area contributed by atoms with Gasteiger partial charge in [0, 0.05) is 25.2 Å². The Bertz CT molecular complexity index is 616. The predicted molar refractivity (Wildman–Crippen MR) is 77.4 cm³/mol. The zero-order valence-electron chi connectivity index (χ0n) is 11.0. The maximum atomic E-state index is 12.5. The smallest absolute Gasteiger partial charge is 0.258 e. The Morgan fingerprint density at radius 3 is 2.65 bits per heavy atom. The number of rotatable bonds is 7. The average Bonchev–Trinajstić information content (AvgIpc) is 2.38. The van der Waals surface area contributed by atoms with Gasteiger partial charge in [-0.25, -0.2) is 8.42 Å². The molecule has 0 aliphatic heterocycles. The molecule has 0 N–H and O–H groups in total. The Hall–Kier alpha value is -1.44. The van der Waals surface area contributed by atoms with Gasteiger partial charge in [-0.3, -0.25) is 10.1 Å². The molecular weight excluding hydrogens is 304 g/mol. The lowest BCUT2D eigenvalue weighted by Crippen LogP contribution is -2.32. The second kappa shape index (κ2) is 6.83. The molecule has 20 heavy (non-hydrogen) atoms. The molecule has 0 saturated carbocycles. The summed E-state index contributed by atoms with van der Waals surface area (Å²) >= 11 is 5.88. The highest BCUT2D eigenvalue weighted by Gasteiger charge is 2.27. The van der Waals surface area contributed by atoms with Crippen LogP contribution in [0.5, 0.6) is 0 Å². The van der Waals surface area contributed by atoms with Gasteiger partial charge in [0.2, 0.25) is 10.0 Å². The molecule has 0 saturated heterocycles. The van der Waals surface area contributed by atoms with Gasteiger partial charge in [-0.1, -0.05) is 24.6 Å². The van der Waals surface area contributed by atoms with Crippen molar-refractivity contribution in [2.75, 3.05) is 13.1 Å². The first-order valence-electron chi connectivity index (χ1n) is 5.89. The fourth-order valence-electron chi connectivity index (χ4n) is 1.65. The van der Waals surface area contributed by atoms with Gasteiger partial charge >= 0.3 is 0 Å². The monoisotopic (exact) mass is 318 g/mol. The summed E-state index contributed by atoms with van der Waals surface area (Å²) < 4.78 is 26.1. The fourth-order valence-corrected chi connectivity index (χ4v) is 3.64. The van der Waals surface area contributed by atoms with Crippen LogP contribution in [0.4, 0.5) is 5.69 Å². The molecule has 0 bridgehead atoms. The minimum absolute atomic E-state index is 0.0410. The number of hydrogen-bond acceptors (Lipinski definition) is 4. The molecule has 1 aromatic rings. The third-order valence-corrected chi connectivity index (χ3v) is 4.90. The van der Waals surface area contributed by atoms with Crippen molar-refractivity contribution in [2.24, 2.45) is 0 Å². The molecule has 0 radical (unpaired) electrons. The Balaban J connectivity index is 3.35. The number of halogens is 1. The maximum absolute atomic E-state index is 12.5. The van der Waals surface area contributed by atoms with Crippen molar-refractivity contribution in [3.63, 3.8) is 0 Å². The van der Waals surface area contributed by atoms with Crippen LogP contribution in [0.3, 0.4) is 0 Å². The third-order valence-electron chi connectivity index (χ3n) is 2.55. The Kier molecular flexibility index (Phi) is 5.67. The van der Waals surface area contributed by atoms with E-state index in [4.69, 9.17) is 11.6 Å². The molecule has 0 atom stereocenters. The first-order chi connectivity index (χ1) is 9.34. The van der Waals surface area contributed by atoms with Crippen molar-refractivity contribution in [3.05, 3.63) is 46.0 Å². The average molecular weight is 319 g/mol. The van der Waals surface area contributed by atoms with E-state index in [1.807, 2.05) is 6.92 Å². The van der Waals surface area contributed by atoms with Crippen molar-refractivity contribution in [3.8, 4) is 0 Å². The van der Waals surface area contributed by atoms with Crippen LogP contribution in [0.25, 0.3) is 0 Å². The molecular formula is C12H15ClN2O4S. The summed E-state index contributed by atoms with van der Waals surface area (Å²) in [4.78, 5) is 9.83. The lowest BCUT2D eigenvalue weighted by atomic mass is 10.3. The number of nitro groups is 1. The van der Waals surface area contributed by atoms with E-state index in [2.05, 4.69) is 6.58 Å². The van der Waals surface area contributed by atoms with Crippen LogP contribution in [0.1, 0.15) is 13.3 Å². The molecule has 0 aliphatic rings. The SMILES string of the molecule is C=CCN(CCC)S(=O)(=O)c1cc([N+](=O)[O-])ccc1Cl. The van der Waals surface area contributed by atoms with Crippen LogP contribution in [0.15, 0.2) is 35.7 Å². The number of benzene rings is 1. The number of sulfonamides is 1. The van der Waals surface area contributed by atoms with Crippen LogP contribution < -0.4 is 0 Å². The van der Waals surface area contributed by atoms with E-state index >= 15 is 0 Å². The Morgan fingerprint density at radius 1 is 1.50 bits per heavy atom. The molecule has 0 fully saturated rings.